The molecule has 0 saturated carbocycles. The van der Waals surface area contributed by atoms with Crippen LogP contribution < -0.4 is 5.56 Å². The number of hydrogen-bond donors (Lipinski definition) is 0. The lowest BCUT2D eigenvalue weighted by Gasteiger charge is -2.07. The number of benzene rings is 1. The summed E-state index contributed by atoms with van der Waals surface area (Å²) < 4.78 is 6.82. The Labute approximate surface area is 116 Å². The lowest BCUT2D eigenvalue weighted by Crippen LogP contribution is -2.21. The molecule has 0 fully saturated rings. The number of fused-ring (bicyclic) bond motifs is 2. The average Bonchev–Trinajstić information content (AvgIpc) is 2.93. The fourth-order valence-electron chi connectivity index (χ4n) is 2.49. The molecule has 1 aliphatic heterocycles. The number of nitrogens with zero attached hydrogens (tertiary/aromatic N) is 2. The van der Waals surface area contributed by atoms with Crippen LogP contribution in [0.25, 0.3) is 10.9 Å². The van der Waals surface area contributed by atoms with Crippen LogP contribution in [0.1, 0.15) is 35.9 Å². The van der Waals surface area contributed by atoms with Crippen molar-refractivity contribution in [1.82, 2.24) is 9.55 Å². The number of hydrogen-bond acceptors (Lipinski definition) is 4. The zero-order valence-electron chi connectivity index (χ0n) is 11.4. The maximum Gasteiger partial charge on any atom is 0.338 e. The largest absolute Gasteiger partial charge is 0.462 e. The van der Waals surface area contributed by atoms with Crippen molar-refractivity contribution in [2.45, 2.75) is 32.7 Å². The average molecular weight is 272 g/mol. The zero-order chi connectivity index (χ0) is 14.1. The molecule has 1 aromatic heterocycles. The highest BCUT2D eigenvalue weighted by atomic mass is 16.5. The second-order valence-electron chi connectivity index (χ2n) is 4.96. The summed E-state index contributed by atoms with van der Waals surface area (Å²) in [6, 6.07) is 4.94. The summed E-state index contributed by atoms with van der Waals surface area (Å²) in [7, 11) is 0. The van der Waals surface area contributed by atoms with Crippen LogP contribution in [0.2, 0.25) is 0 Å². The van der Waals surface area contributed by atoms with Crippen molar-refractivity contribution in [2.75, 3.05) is 6.61 Å². The highest BCUT2D eigenvalue weighted by Crippen LogP contribution is 2.16. The van der Waals surface area contributed by atoms with Crippen LogP contribution in [0.3, 0.4) is 0 Å². The van der Waals surface area contributed by atoms with E-state index < -0.39 is 0 Å². The third-order valence-corrected chi connectivity index (χ3v) is 3.49. The van der Waals surface area contributed by atoms with Crippen LogP contribution in [0.5, 0.6) is 0 Å². The van der Waals surface area contributed by atoms with E-state index in [9.17, 15) is 9.59 Å². The van der Waals surface area contributed by atoms with E-state index in [1.807, 2.05) is 6.92 Å². The number of carbonyl (C=O) groups excluding carboxylic acids is 1. The Morgan fingerprint density at radius 1 is 1.45 bits per heavy atom. The van der Waals surface area contributed by atoms with E-state index >= 15 is 0 Å². The van der Waals surface area contributed by atoms with Gasteiger partial charge in [-0.3, -0.25) is 9.36 Å². The molecule has 0 atom stereocenters. The molecular formula is C15H16N2O3. The Balaban J connectivity index is 2.06. The third kappa shape index (κ3) is 2.09. The van der Waals surface area contributed by atoms with Gasteiger partial charge < -0.3 is 4.74 Å². The standard InChI is InChI=1S/C15H16N2O3/c1-2-8-20-15(19)10-5-6-11-12(9-10)16-13-4-3-7-17(13)14(11)18/h5-6,9H,2-4,7-8H2,1H3. The second-order valence-corrected chi connectivity index (χ2v) is 4.96. The second kappa shape index (κ2) is 5.07. The smallest absolute Gasteiger partial charge is 0.338 e. The van der Waals surface area contributed by atoms with Gasteiger partial charge in [-0.05, 0) is 31.0 Å². The first-order valence-corrected chi connectivity index (χ1v) is 6.91. The van der Waals surface area contributed by atoms with Crippen LogP contribution in [0, 0.1) is 0 Å². The highest BCUT2D eigenvalue weighted by Gasteiger charge is 2.17. The predicted octanol–water partition coefficient (Wildman–Crippen LogP) is 1.91. The minimum Gasteiger partial charge on any atom is -0.462 e. The molecule has 0 unspecified atom stereocenters. The van der Waals surface area contributed by atoms with Gasteiger partial charge >= 0.3 is 5.97 Å². The summed E-state index contributed by atoms with van der Waals surface area (Å²) in [4.78, 5) is 28.6. The Hall–Kier alpha value is -2.17. The van der Waals surface area contributed by atoms with Gasteiger partial charge in [0.15, 0.2) is 0 Å². The van der Waals surface area contributed by atoms with Gasteiger partial charge in [-0.15, -0.1) is 0 Å². The van der Waals surface area contributed by atoms with Gasteiger partial charge in [0.05, 0.1) is 23.1 Å². The monoisotopic (exact) mass is 272 g/mol. The predicted molar refractivity (Wildman–Crippen MR) is 74.9 cm³/mol. The number of ether oxygens (including phenoxy) is 1. The summed E-state index contributed by atoms with van der Waals surface area (Å²) in [5.74, 6) is 0.442. The number of rotatable bonds is 3. The van der Waals surface area contributed by atoms with Crippen LogP contribution in [0.4, 0.5) is 0 Å². The lowest BCUT2D eigenvalue weighted by atomic mass is 10.1. The molecule has 0 bridgehead atoms. The van der Waals surface area contributed by atoms with Crippen molar-refractivity contribution in [2.24, 2.45) is 0 Å². The molecule has 0 aliphatic carbocycles. The van der Waals surface area contributed by atoms with Crippen LogP contribution >= 0.6 is 0 Å². The Bertz CT molecular complexity index is 734. The van der Waals surface area contributed by atoms with Crippen LogP contribution in [-0.4, -0.2) is 22.1 Å². The Kier molecular flexibility index (Phi) is 3.26. The molecule has 20 heavy (non-hydrogen) atoms. The van der Waals surface area contributed by atoms with Gasteiger partial charge in [0.2, 0.25) is 0 Å². The Morgan fingerprint density at radius 2 is 2.30 bits per heavy atom. The first-order valence-electron chi connectivity index (χ1n) is 6.91. The molecule has 2 aromatic rings. The quantitative estimate of drug-likeness (QED) is 0.801. The maximum atomic E-state index is 12.3. The number of carbonyl (C=O) groups is 1. The maximum absolute atomic E-state index is 12.3. The first kappa shape index (κ1) is 12.8. The molecule has 0 amide bonds. The van der Waals surface area contributed by atoms with E-state index in [1.165, 1.54) is 0 Å². The van der Waals surface area contributed by atoms with Gasteiger partial charge in [-0.2, -0.15) is 0 Å². The molecule has 3 rings (SSSR count). The summed E-state index contributed by atoms with van der Waals surface area (Å²) in [6.45, 7) is 3.08. The molecule has 5 nitrogen and oxygen atoms in total. The normalized spacial score (nSPS) is 13.4. The van der Waals surface area contributed by atoms with Crippen molar-refractivity contribution in [1.29, 1.82) is 0 Å². The topological polar surface area (TPSA) is 61.2 Å². The van der Waals surface area contributed by atoms with E-state index in [4.69, 9.17) is 4.74 Å². The van der Waals surface area contributed by atoms with Gasteiger partial charge in [0.25, 0.3) is 5.56 Å². The zero-order valence-corrected chi connectivity index (χ0v) is 11.4. The van der Waals surface area contributed by atoms with Crippen molar-refractivity contribution in [3.05, 3.63) is 39.9 Å². The van der Waals surface area contributed by atoms with E-state index in [-0.39, 0.29) is 11.5 Å². The summed E-state index contributed by atoms with van der Waals surface area (Å²) >= 11 is 0. The molecule has 1 aliphatic rings. The summed E-state index contributed by atoms with van der Waals surface area (Å²) in [5, 5.41) is 0.558. The number of aromatic nitrogens is 2. The van der Waals surface area contributed by atoms with Gasteiger partial charge in [-0.25, -0.2) is 9.78 Å². The fraction of sp³-hybridized carbons (Fsp3) is 0.400. The first-order chi connectivity index (χ1) is 9.70. The molecule has 0 radical (unpaired) electrons. The van der Waals surface area contributed by atoms with Crippen LogP contribution in [0.15, 0.2) is 23.0 Å². The molecular weight excluding hydrogens is 256 g/mol. The molecule has 5 heteroatoms. The molecule has 0 N–H and O–H groups in total. The van der Waals surface area contributed by atoms with E-state index in [1.54, 1.807) is 22.8 Å². The number of aryl methyl sites for hydroxylation is 1. The molecule has 0 spiro atoms. The molecule has 0 saturated heterocycles. The van der Waals surface area contributed by atoms with E-state index in [0.717, 1.165) is 31.6 Å². The van der Waals surface area contributed by atoms with Crippen LogP contribution in [-0.2, 0) is 17.7 Å². The summed E-state index contributed by atoms with van der Waals surface area (Å²) in [6.07, 6.45) is 2.55. The van der Waals surface area contributed by atoms with Gasteiger partial charge in [-0.1, -0.05) is 6.92 Å². The minimum absolute atomic E-state index is 0.0176. The number of esters is 1. The van der Waals surface area contributed by atoms with Gasteiger partial charge in [0.1, 0.15) is 5.82 Å². The van der Waals surface area contributed by atoms with Crippen molar-refractivity contribution >= 4 is 16.9 Å². The molecule has 1 aromatic carbocycles. The highest BCUT2D eigenvalue weighted by molar-refractivity contribution is 5.94. The molecule has 2 heterocycles. The minimum atomic E-state index is -0.365. The van der Waals surface area contributed by atoms with Crippen molar-refractivity contribution < 1.29 is 9.53 Å². The fourth-order valence-corrected chi connectivity index (χ4v) is 2.49. The lowest BCUT2D eigenvalue weighted by molar-refractivity contribution is 0.0505. The van der Waals surface area contributed by atoms with Crippen molar-refractivity contribution in [3.63, 3.8) is 0 Å². The van der Waals surface area contributed by atoms with E-state index in [2.05, 4.69) is 4.98 Å². The van der Waals surface area contributed by atoms with Crippen molar-refractivity contribution in [3.8, 4) is 0 Å². The Morgan fingerprint density at radius 3 is 3.10 bits per heavy atom. The third-order valence-electron chi connectivity index (χ3n) is 3.49. The summed E-state index contributed by atoms with van der Waals surface area (Å²) in [5.41, 5.74) is 1.01. The molecule has 104 valence electrons. The van der Waals surface area contributed by atoms with E-state index in [0.29, 0.717) is 23.1 Å². The SMILES string of the molecule is CCCOC(=O)c1ccc2c(=O)n3c(nc2c1)CCC3. The van der Waals surface area contributed by atoms with Gasteiger partial charge in [0, 0.05) is 13.0 Å².